The van der Waals surface area contributed by atoms with E-state index in [1.54, 1.807) is 0 Å². The number of fused-ring (bicyclic) bond motifs is 1. The van der Waals surface area contributed by atoms with Crippen LogP contribution in [0, 0.1) is 0 Å². The van der Waals surface area contributed by atoms with Gasteiger partial charge in [-0.3, -0.25) is 4.40 Å². The SMILES string of the molecule is CCc1cc(CC)n(-c2cccc3nccn23)n1. The lowest BCUT2D eigenvalue weighted by Crippen LogP contribution is -2.06. The van der Waals surface area contributed by atoms with Gasteiger partial charge in [0, 0.05) is 18.1 Å². The van der Waals surface area contributed by atoms with Gasteiger partial charge in [0.05, 0.1) is 5.69 Å². The van der Waals surface area contributed by atoms with Crippen LogP contribution in [0.25, 0.3) is 11.5 Å². The van der Waals surface area contributed by atoms with Gasteiger partial charge in [-0.1, -0.05) is 19.9 Å². The second-order valence-corrected chi connectivity index (χ2v) is 4.29. The van der Waals surface area contributed by atoms with Gasteiger partial charge in [-0.05, 0) is 31.0 Å². The Balaban J connectivity index is 2.25. The first-order valence-electron chi connectivity index (χ1n) is 6.33. The molecule has 3 rings (SSSR count). The van der Waals surface area contributed by atoms with Crippen molar-refractivity contribution in [2.45, 2.75) is 26.7 Å². The number of nitrogens with zero attached hydrogens (tertiary/aromatic N) is 4. The first kappa shape index (κ1) is 11.0. The zero-order valence-electron chi connectivity index (χ0n) is 10.7. The number of aryl methyl sites for hydroxylation is 2. The Morgan fingerprint density at radius 3 is 2.83 bits per heavy atom. The van der Waals surface area contributed by atoms with Crippen LogP contribution < -0.4 is 0 Å². The third-order valence-corrected chi connectivity index (χ3v) is 3.18. The largest absolute Gasteiger partial charge is 0.284 e. The van der Waals surface area contributed by atoms with Gasteiger partial charge in [-0.15, -0.1) is 0 Å². The maximum Gasteiger partial charge on any atom is 0.140 e. The third-order valence-electron chi connectivity index (χ3n) is 3.18. The summed E-state index contributed by atoms with van der Waals surface area (Å²) in [6.07, 6.45) is 5.71. The minimum atomic E-state index is 0.947. The van der Waals surface area contributed by atoms with Gasteiger partial charge < -0.3 is 0 Å². The van der Waals surface area contributed by atoms with Gasteiger partial charge in [0.1, 0.15) is 11.5 Å². The summed E-state index contributed by atoms with van der Waals surface area (Å²) in [6.45, 7) is 4.28. The van der Waals surface area contributed by atoms with Crippen molar-refractivity contribution in [2.75, 3.05) is 0 Å². The maximum absolute atomic E-state index is 4.67. The van der Waals surface area contributed by atoms with E-state index in [1.165, 1.54) is 5.69 Å². The van der Waals surface area contributed by atoms with Gasteiger partial charge in [0.2, 0.25) is 0 Å². The lowest BCUT2D eigenvalue weighted by atomic mass is 10.2. The Morgan fingerprint density at radius 2 is 2.06 bits per heavy atom. The highest BCUT2D eigenvalue weighted by molar-refractivity contribution is 5.45. The second kappa shape index (κ2) is 4.29. The molecular weight excluding hydrogens is 224 g/mol. The van der Waals surface area contributed by atoms with Crippen molar-refractivity contribution in [3.8, 4) is 5.82 Å². The summed E-state index contributed by atoms with van der Waals surface area (Å²) < 4.78 is 4.08. The Bertz CT molecular complexity index is 678. The lowest BCUT2D eigenvalue weighted by molar-refractivity contribution is 0.762. The topological polar surface area (TPSA) is 35.1 Å². The van der Waals surface area contributed by atoms with Crippen molar-refractivity contribution in [3.63, 3.8) is 0 Å². The number of hydrogen-bond acceptors (Lipinski definition) is 2. The fourth-order valence-electron chi connectivity index (χ4n) is 2.20. The fraction of sp³-hybridized carbons (Fsp3) is 0.286. The highest BCUT2D eigenvalue weighted by Gasteiger charge is 2.09. The molecule has 0 N–H and O–H groups in total. The van der Waals surface area contributed by atoms with Gasteiger partial charge in [-0.2, -0.15) is 5.10 Å². The average Bonchev–Trinajstić information content (AvgIpc) is 3.04. The first-order valence-corrected chi connectivity index (χ1v) is 6.33. The molecule has 0 radical (unpaired) electrons. The zero-order valence-corrected chi connectivity index (χ0v) is 10.7. The molecule has 92 valence electrons. The van der Waals surface area contributed by atoms with E-state index in [2.05, 4.69) is 40.5 Å². The minimum Gasteiger partial charge on any atom is -0.284 e. The molecule has 0 spiro atoms. The van der Waals surface area contributed by atoms with Crippen molar-refractivity contribution in [3.05, 3.63) is 48.0 Å². The molecule has 3 aromatic heterocycles. The van der Waals surface area contributed by atoms with Gasteiger partial charge in [-0.25, -0.2) is 9.67 Å². The van der Waals surface area contributed by atoms with E-state index in [9.17, 15) is 0 Å². The van der Waals surface area contributed by atoms with Crippen molar-refractivity contribution >= 4 is 5.65 Å². The zero-order chi connectivity index (χ0) is 12.5. The summed E-state index contributed by atoms with van der Waals surface area (Å²) in [7, 11) is 0. The van der Waals surface area contributed by atoms with Crippen molar-refractivity contribution in [1.82, 2.24) is 19.2 Å². The van der Waals surface area contributed by atoms with Crippen LogP contribution in [0.5, 0.6) is 0 Å². The minimum absolute atomic E-state index is 0.947. The smallest absolute Gasteiger partial charge is 0.140 e. The quantitative estimate of drug-likeness (QED) is 0.705. The molecule has 0 atom stereocenters. The van der Waals surface area contributed by atoms with E-state index in [0.29, 0.717) is 0 Å². The third kappa shape index (κ3) is 1.61. The molecule has 0 saturated carbocycles. The molecule has 0 fully saturated rings. The Hall–Kier alpha value is -2.10. The molecule has 0 aliphatic heterocycles. The molecule has 18 heavy (non-hydrogen) atoms. The molecule has 4 heteroatoms. The molecule has 0 aromatic carbocycles. The van der Waals surface area contributed by atoms with E-state index in [4.69, 9.17) is 0 Å². The number of imidazole rings is 1. The normalized spacial score (nSPS) is 11.2. The summed E-state index contributed by atoms with van der Waals surface area (Å²) in [5, 5.41) is 4.67. The van der Waals surface area contributed by atoms with Crippen LogP contribution in [-0.4, -0.2) is 19.2 Å². The second-order valence-electron chi connectivity index (χ2n) is 4.29. The Labute approximate surface area is 106 Å². The van der Waals surface area contributed by atoms with Gasteiger partial charge in [0.15, 0.2) is 0 Å². The predicted molar refractivity (Wildman–Crippen MR) is 71.1 cm³/mol. The molecular formula is C14H16N4. The van der Waals surface area contributed by atoms with Crippen LogP contribution >= 0.6 is 0 Å². The van der Waals surface area contributed by atoms with E-state index >= 15 is 0 Å². The van der Waals surface area contributed by atoms with Crippen molar-refractivity contribution in [1.29, 1.82) is 0 Å². The summed E-state index contributed by atoms with van der Waals surface area (Å²) in [5.41, 5.74) is 3.31. The van der Waals surface area contributed by atoms with Crippen LogP contribution in [0.3, 0.4) is 0 Å². The van der Waals surface area contributed by atoms with Crippen LogP contribution in [0.2, 0.25) is 0 Å². The molecule has 4 nitrogen and oxygen atoms in total. The first-order chi connectivity index (χ1) is 8.83. The van der Waals surface area contributed by atoms with Crippen molar-refractivity contribution in [2.24, 2.45) is 0 Å². The molecule has 0 amide bonds. The van der Waals surface area contributed by atoms with Crippen LogP contribution in [0.15, 0.2) is 36.7 Å². The fourth-order valence-corrected chi connectivity index (χ4v) is 2.20. The highest BCUT2D eigenvalue weighted by Crippen LogP contribution is 2.15. The number of hydrogen-bond donors (Lipinski definition) is 0. The molecule has 0 aliphatic rings. The van der Waals surface area contributed by atoms with E-state index < -0.39 is 0 Å². The number of pyridine rings is 1. The number of rotatable bonds is 3. The van der Waals surface area contributed by atoms with Crippen LogP contribution in [0.1, 0.15) is 25.2 Å². The lowest BCUT2D eigenvalue weighted by Gasteiger charge is -2.08. The molecule has 0 bridgehead atoms. The maximum atomic E-state index is 4.67. The summed E-state index contributed by atoms with van der Waals surface area (Å²) in [4.78, 5) is 4.31. The van der Waals surface area contributed by atoms with Crippen molar-refractivity contribution < 1.29 is 0 Å². The molecule has 0 unspecified atom stereocenters. The standard InChI is InChI=1S/C14H16N4/c1-3-11-10-12(4-2)18(16-11)14-7-5-6-13-15-8-9-17(13)14/h5-10H,3-4H2,1-2H3. The molecule has 3 heterocycles. The molecule has 0 aliphatic carbocycles. The van der Waals surface area contributed by atoms with Crippen LogP contribution in [-0.2, 0) is 12.8 Å². The van der Waals surface area contributed by atoms with Crippen LogP contribution in [0.4, 0.5) is 0 Å². The molecule has 3 aromatic rings. The van der Waals surface area contributed by atoms with E-state index in [1.807, 2.05) is 29.2 Å². The van der Waals surface area contributed by atoms with Gasteiger partial charge >= 0.3 is 0 Å². The summed E-state index contributed by atoms with van der Waals surface area (Å²) >= 11 is 0. The summed E-state index contributed by atoms with van der Waals surface area (Å²) in [6, 6.07) is 8.26. The molecule has 0 saturated heterocycles. The van der Waals surface area contributed by atoms with Gasteiger partial charge in [0.25, 0.3) is 0 Å². The predicted octanol–water partition coefficient (Wildman–Crippen LogP) is 2.64. The Kier molecular flexibility index (Phi) is 2.63. The average molecular weight is 240 g/mol. The highest BCUT2D eigenvalue weighted by atomic mass is 15.3. The summed E-state index contributed by atoms with van der Waals surface area (Å²) in [5.74, 6) is 1.04. The van der Waals surface area contributed by atoms with E-state index in [0.717, 1.165) is 30.0 Å². The monoisotopic (exact) mass is 240 g/mol. The Morgan fingerprint density at radius 1 is 1.17 bits per heavy atom. The number of aromatic nitrogens is 4. The van der Waals surface area contributed by atoms with E-state index in [-0.39, 0.29) is 0 Å².